The molecular weight excluding hydrogens is 136 g/mol. The molecule has 0 amide bonds. The van der Waals surface area contributed by atoms with Crippen molar-refractivity contribution in [3.05, 3.63) is 0 Å². The van der Waals surface area contributed by atoms with Gasteiger partial charge >= 0.3 is 0 Å². The van der Waals surface area contributed by atoms with E-state index >= 15 is 0 Å². The highest BCUT2D eigenvalue weighted by Gasteiger charge is 2.61. The number of Topliss-reactive ketones (excluding diaryl/α,β-unsaturated/α-hetero) is 1. The van der Waals surface area contributed by atoms with E-state index in [9.17, 15) is 4.79 Å². The lowest BCUT2D eigenvalue weighted by atomic mass is 9.70. The topological polar surface area (TPSA) is 17.1 Å². The number of carbonyl (C=O) groups is 1. The fourth-order valence-electron chi connectivity index (χ4n) is 2.64. The summed E-state index contributed by atoms with van der Waals surface area (Å²) in [4.78, 5) is 11.7. The Kier molecular flexibility index (Phi) is 0.961. The van der Waals surface area contributed by atoms with Gasteiger partial charge in [-0.2, -0.15) is 0 Å². The summed E-state index contributed by atoms with van der Waals surface area (Å²) in [5, 5.41) is 0. The van der Waals surface area contributed by atoms with Crippen molar-refractivity contribution in [3.63, 3.8) is 0 Å². The van der Waals surface area contributed by atoms with Crippen LogP contribution in [0.15, 0.2) is 0 Å². The molecule has 2 aliphatic rings. The van der Waals surface area contributed by atoms with Crippen LogP contribution in [0.5, 0.6) is 0 Å². The van der Waals surface area contributed by atoms with Crippen molar-refractivity contribution in [2.24, 2.45) is 16.7 Å². The lowest BCUT2D eigenvalue weighted by molar-refractivity contribution is -0.128. The summed E-state index contributed by atoms with van der Waals surface area (Å²) in [5.41, 5.74) is -0.124. The number of hydrogen-bond acceptors (Lipinski definition) is 1. The highest BCUT2D eigenvalue weighted by atomic mass is 16.1. The molecule has 3 unspecified atom stereocenters. The van der Waals surface area contributed by atoms with E-state index in [2.05, 4.69) is 13.8 Å². The van der Waals surface area contributed by atoms with E-state index in [4.69, 9.17) is 1.37 Å². The van der Waals surface area contributed by atoms with Gasteiger partial charge in [0.05, 0.1) is 0 Å². The molecule has 0 heterocycles. The molecule has 2 rings (SSSR count). The van der Waals surface area contributed by atoms with Crippen LogP contribution >= 0.6 is 0 Å². The van der Waals surface area contributed by atoms with Crippen LogP contribution in [0, 0.1) is 16.7 Å². The Morgan fingerprint density at radius 1 is 1.55 bits per heavy atom. The number of ketones is 1. The van der Waals surface area contributed by atoms with Gasteiger partial charge in [-0.1, -0.05) is 20.8 Å². The minimum Gasteiger partial charge on any atom is -0.299 e. The summed E-state index contributed by atoms with van der Waals surface area (Å²) < 4.78 is 7.76. The minimum atomic E-state index is -0.432. The zero-order chi connectivity index (χ0) is 9.15. The molecule has 62 valence electrons. The second-order valence-electron chi connectivity index (χ2n) is 4.73. The van der Waals surface area contributed by atoms with E-state index < -0.39 is 6.40 Å². The molecule has 0 spiro atoms. The first-order valence-corrected chi connectivity index (χ1v) is 4.38. The molecule has 2 bridgehead atoms. The Bertz CT molecular complexity index is 246. The van der Waals surface area contributed by atoms with E-state index in [0.29, 0.717) is 5.92 Å². The highest BCUT2D eigenvalue weighted by Crippen LogP contribution is 2.63. The van der Waals surface area contributed by atoms with Crippen molar-refractivity contribution in [3.8, 4) is 0 Å². The van der Waals surface area contributed by atoms with Gasteiger partial charge in [0.25, 0.3) is 0 Å². The highest BCUT2D eigenvalue weighted by molar-refractivity contribution is 5.89. The molecule has 0 aromatic rings. The number of rotatable bonds is 0. The Hall–Kier alpha value is -0.330. The minimum absolute atomic E-state index is 0.0660. The average molecular weight is 153 g/mol. The zero-order valence-electron chi connectivity index (χ0n) is 8.48. The molecule has 2 saturated carbocycles. The predicted molar refractivity (Wildman–Crippen MR) is 44.2 cm³/mol. The molecule has 2 aliphatic carbocycles. The van der Waals surface area contributed by atoms with Gasteiger partial charge in [0.2, 0.25) is 0 Å². The number of hydrogen-bond donors (Lipinski definition) is 0. The van der Waals surface area contributed by atoms with E-state index in [1.54, 1.807) is 0 Å². The molecule has 3 atom stereocenters. The number of carbonyl (C=O) groups excluding carboxylic acids is 1. The Balaban J connectivity index is 2.50. The van der Waals surface area contributed by atoms with Crippen molar-refractivity contribution in [2.75, 3.05) is 0 Å². The first kappa shape index (κ1) is 6.22. The summed E-state index contributed by atoms with van der Waals surface area (Å²) in [6, 6.07) is 0. The first-order chi connectivity index (χ1) is 5.41. The zero-order valence-corrected chi connectivity index (χ0v) is 7.48. The van der Waals surface area contributed by atoms with Gasteiger partial charge in [0.1, 0.15) is 5.78 Å². The van der Waals surface area contributed by atoms with Crippen LogP contribution in [0.1, 0.15) is 41.4 Å². The summed E-state index contributed by atoms with van der Waals surface area (Å²) in [6.07, 6.45) is 1.64. The smallest absolute Gasteiger partial charge is 0.139 e. The standard InChI is InChI=1S/C10H16O/c1-9(2)7-4-5-10(9,3)8(11)6-7/h7H,4-6H2,1-3H3/i6D. The van der Waals surface area contributed by atoms with Crippen LogP contribution in [-0.2, 0) is 4.79 Å². The maximum Gasteiger partial charge on any atom is 0.139 e. The third-order valence-electron chi connectivity index (χ3n) is 4.20. The SMILES string of the molecule is [2H]C1C(=O)C2(C)CCC1C2(C)C. The molecule has 11 heavy (non-hydrogen) atoms. The maximum atomic E-state index is 11.7. The summed E-state index contributed by atoms with van der Waals surface area (Å²) in [6.45, 7) is 6.35. The van der Waals surface area contributed by atoms with Gasteiger partial charge in [-0.3, -0.25) is 4.79 Å². The van der Waals surface area contributed by atoms with Crippen molar-refractivity contribution in [1.29, 1.82) is 0 Å². The molecule has 0 aromatic heterocycles. The van der Waals surface area contributed by atoms with Crippen LogP contribution in [-0.4, -0.2) is 5.78 Å². The molecule has 1 nitrogen and oxygen atoms in total. The number of fused-ring (bicyclic) bond motifs is 2. The fourth-order valence-corrected chi connectivity index (χ4v) is 2.64. The van der Waals surface area contributed by atoms with E-state index in [1.165, 1.54) is 0 Å². The van der Waals surface area contributed by atoms with Crippen molar-refractivity contribution in [2.45, 2.75) is 40.0 Å². The third-order valence-corrected chi connectivity index (χ3v) is 4.20. The lowest BCUT2D eigenvalue weighted by Gasteiger charge is -2.32. The van der Waals surface area contributed by atoms with Gasteiger partial charge in [-0.05, 0) is 24.2 Å². The second kappa shape index (κ2) is 1.70. The average Bonchev–Trinajstić information content (AvgIpc) is 2.26. The van der Waals surface area contributed by atoms with Gasteiger partial charge in [0.15, 0.2) is 0 Å². The van der Waals surface area contributed by atoms with Crippen molar-refractivity contribution < 1.29 is 6.17 Å². The molecule has 0 N–H and O–H groups in total. The van der Waals surface area contributed by atoms with Gasteiger partial charge < -0.3 is 0 Å². The summed E-state index contributed by atoms with van der Waals surface area (Å²) in [7, 11) is 0. The molecule has 0 saturated heterocycles. The van der Waals surface area contributed by atoms with Crippen LogP contribution in [0.2, 0.25) is 0 Å². The van der Waals surface area contributed by atoms with Crippen LogP contribution in [0.25, 0.3) is 0 Å². The third kappa shape index (κ3) is 0.605. The Morgan fingerprint density at radius 3 is 2.45 bits per heavy atom. The van der Waals surface area contributed by atoms with E-state index in [0.717, 1.165) is 12.8 Å². The largest absolute Gasteiger partial charge is 0.299 e. The van der Waals surface area contributed by atoms with E-state index in [-0.39, 0.29) is 16.6 Å². The Morgan fingerprint density at radius 2 is 2.18 bits per heavy atom. The van der Waals surface area contributed by atoms with E-state index in [1.807, 2.05) is 6.92 Å². The van der Waals surface area contributed by atoms with Crippen LogP contribution in [0.4, 0.5) is 0 Å². The Labute approximate surface area is 69.6 Å². The maximum absolute atomic E-state index is 11.7. The molecule has 2 fully saturated rings. The normalized spacial score (nSPS) is 54.8. The fraction of sp³-hybridized carbons (Fsp3) is 0.900. The molecule has 0 aromatic carbocycles. The molecule has 0 aliphatic heterocycles. The monoisotopic (exact) mass is 153 g/mol. The second-order valence-corrected chi connectivity index (χ2v) is 4.73. The molecule has 1 heteroatoms. The van der Waals surface area contributed by atoms with Gasteiger partial charge in [-0.25, -0.2) is 0 Å². The van der Waals surface area contributed by atoms with Crippen molar-refractivity contribution >= 4 is 5.78 Å². The van der Waals surface area contributed by atoms with Gasteiger partial charge in [0, 0.05) is 13.2 Å². The molecular formula is C10H16O. The van der Waals surface area contributed by atoms with Gasteiger partial charge in [-0.15, -0.1) is 0 Å². The van der Waals surface area contributed by atoms with Crippen molar-refractivity contribution in [1.82, 2.24) is 0 Å². The summed E-state index contributed by atoms with van der Waals surface area (Å²) >= 11 is 0. The van der Waals surface area contributed by atoms with Crippen LogP contribution < -0.4 is 0 Å². The quantitative estimate of drug-likeness (QED) is 0.522. The first-order valence-electron chi connectivity index (χ1n) is 4.95. The summed E-state index contributed by atoms with van der Waals surface area (Å²) in [5.74, 6) is 0.499. The lowest BCUT2D eigenvalue weighted by Crippen LogP contribution is -2.32. The molecule has 0 radical (unpaired) electrons. The van der Waals surface area contributed by atoms with Crippen LogP contribution in [0.3, 0.4) is 0 Å². The predicted octanol–water partition coefficient (Wildman–Crippen LogP) is 2.40.